The maximum Gasteiger partial charge on any atom is 0.248 e. The van der Waals surface area contributed by atoms with E-state index in [9.17, 15) is 8.42 Å². The third kappa shape index (κ3) is 3.10. The molecule has 1 fully saturated rings. The van der Waals surface area contributed by atoms with Gasteiger partial charge in [0, 0.05) is 19.1 Å². The number of piperidine rings is 1. The van der Waals surface area contributed by atoms with E-state index >= 15 is 0 Å². The molecule has 1 aliphatic rings. The van der Waals surface area contributed by atoms with E-state index in [1.807, 2.05) is 7.05 Å². The van der Waals surface area contributed by atoms with Crippen molar-refractivity contribution in [2.24, 2.45) is 0 Å². The van der Waals surface area contributed by atoms with Crippen molar-refractivity contribution in [1.29, 1.82) is 0 Å². The first-order valence-corrected chi connectivity index (χ1v) is 7.51. The molecule has 0 spiro atoms. The fraction of sp³-hybridized carbons (Fsp3) is 0.727. The number of hydrogen-bond acceptors (Lipinski definition) is 5. The molecule has 8 heteroatoms. The van der Waals surface area contributed by atoms with Gasteiger partial charge in [-0.25, -0.2) is 8.42 Å². The molecule has 1 aromatic rings. The van der Waals surface area contributed by atoms with Crippen LogP contribution in [0.15, 0.2) is 9.42 Å². The van der Waals surface area contributed by atoms with E-state index in [0.29, 0.717) is 24.5 Å². The van der Waals surface area contributed by atoms with Crippen molar-refractivity contribution < 1.29 is 12.9 Å². The molecule has 1 N–H and O–H groups in total. The van der Waals surface area contributed by atoms with Crippen LogP contribution in [-0.4, -0.2) is 44.1 Å². The average molecular weight is 310 g/mol. The summed E-state index contributed by atoms with van der Waals surface area (Å²) in [5.74, 6) is 0.360. The Morgan fingerprint density at radius 3 is 2.63 bits per heavy atom. The number of nitrogens with zero attached hydrogens (tertiary/aromatic N) is 2. The second-order valence-corrected chi connectivity index (χ2v) is 6.52. The van der Waals surface area contributed by atoms with Gasteiger partial charge in [-0.05, 0) is 33.7 Å². The maximum atomic E-state index is 12.5. The van der Waals surface area contributed by atoms with Gasteiger partial charge in [0.05, 0.1) is 0 Å². The number of rotatable bonds is 3. The van der Waals surface area contributed by atoms with E-state index in [-0.39, 0.29) is 23.3 Å². The van der Waals surface area contributed by atoms with Crippen molar-refractivity contribution in [2.45, 2.75) is 37.6 Å². The summed E-state index contributed by atoms with van der Waals surface area (Å²) in [5.41, 5.74) is 0.430. The minimum absolute atomic E-state index is 0. The molecule has 1 unspecified atom stereocenters. The zero-order valence-electron chi connectivity index (χ0n) is 11.3. The molecule has 0 aliphatic carbocycles. The van der Waals surface area contributed by atoms with Gasteiger partial charge >= 0.3 is 0 Å². The van der Waals surface area contributed by atoms with E-state index in [2.05, 4.69) is 10.5 Å². The summed E-state index contributed by atoms with van der Waals surface area (Å²) in [7, 11) is -1.63. The Balaban J connectivity index is 0.00000180. The second kappa shape index (κ2) is 6.21. The summed E-state index contributed by atoms with van der Waals surface area (Å²) < 4.78 is 31.6. The summed E-state index contributed by atoms with van der Waals surface area (Å²) in [6.45, 7) is 4.35. The summed E-state index contributed by atoms with van der Waals surface area (Å²) in [6.07, 6.45) is 1.87. The normalized spacial score (nSPS) is 21.1. The second-order valence-electron chi connectivity index (χ2n) is 4.64. The quantitative estimate of drug-likeness (QED) is 0.904. The highest BCUT2D eigenvalue weighted by atomic mass is 35.5. The van der Waals surface area contributed by atoms with Crippen molar-refractivity contribution in [3.63, 3.8) is 0 Å². The van der Waals surface area contributed by atoms with Gasteiger partial charge in [0.1, 0.15) is 10.6 Å². The molecule has 110 valence electrons. The highest BCUT2D eigenvalue weighted by molar-refractivity contribution is 7.89. The summed E-state index contributed by atoms with van der Waals surface area (Å²) >= 11 is 0. The van der Waals surface area contributed by atoms with Crippen LogP contribution in [0, 0.1) is 13.8 Å². The Hall–Kier alpha value is -0.630. The Morgan fingerprint density at radius 1 is 1.42 bits per heavy atom. The Morgan fingerprint density at radius 2 is 2.11 bits per heavy atom. The van der Waals surface area contributed by atoms with Crippen LogP contribution in [0.2, 0.25) is 0 Å². The van der Waals surface area contributed by atoms with Crippen molar-refractivity contribution in [3.05, 3.63) is 11.5 Å². The predicted molar refractivity (Wildman–Crippen MR) is 74.1 cm³/mol. The van der Waals surface area contributed by atoms with Gasteiger partial charge in [-0.2, -0.15) is 4.31 Å². The Kier molecular flexibility index (Phi) is 5.37. The third-order valence-corrected chi connectivity index (χ3v) is 5.47. The van der Waals surface area contributed by atoms with Gasteiger partial charge in [0.25, 0.3) is 0 Å². The highest BCUT2D eigenvalue weighted by Gasteiger charge is 2.33. The minimum atomic E-state index is -3.49. The van der Waals surface area contributed by atoms with Gasteiger partial charge in [-0.1, -0.05) is 5.16 Å². The third-order valence-electron chi connectivity index (χ3n) is 3.36. The van der Waals surface area contributed by atoms with Crippen molar-refractivity contribution in [3.8, 4) is 0 Å². The average Bonchev–Trinajstić information content (AvgIpc) is 2.69. The number of aryl methyl sites for hydroxylation is 2. The van der Waals surface area contributed by atoms with Crippen molar-refractivity contribution in [2.75, 3.05) is 20.1 Å². The van der Waals surface area contributed by atoms with Crippen LogP contribution in [0.1, 0.15) is 24.3 Å². The van der Waals surface area contributed by atoms with Crippen LogP contribution in [0.4, 0.5) is 0 Å². The smallest absolute Gasteiger partial charge is 0.248 e. The molecule has 0 bridgehead atoms. The predicted octanol–water partition coefficient (Wildman–Crippen LogP) is 1.09. The first kappa shape index (κ1) is 16.4. The molecule has 2 heterocycles. The fourth-order valence-corrected chi connectivity index (χ4v) is 4.18. The summed E-state index contributed by atoms with van der Waals surface area (Å²) in [4.78, 5) is 0.222. The van der Waals surface area contributed by atoms with E-state index in [1.165, 1.54) is 4.31 Å². The van der Waals surface area contributed by atoms with Gasteiger partial charge in [-0.15, -0.1) is 12.4 Å². The highest BCUT2D eigenvalue weighted by Crippen LogP contribution is 2.25. The van der Waals surface area contributed by atoms with Crippen LogP contribution in [0.25, 0.3) is 0 Å². The van der Waals surface area contributed by atoms with Crippen LogP contribution >= 0.6 is 12.4 Å². The summed E-state index contributed by atoms with van der Waals surface area (Å²) in [6, 6.07) is 0.217. The molecule has 19 heavy (non-hydrogen) atoms. The van der Waals surface area contributed by atoms with E-state index < -0.39 is 10.0 Å². The van der Waals surface area contributed by atoms with E-state index in [4.69, 9.17) is 4.52 Å². The molecule has 0 amide bonds. The molecule has 6 nitrogen and oxygen atoms in total. The Bertz CT molecular complexity index is 510. The van der Waals surface area contributed by atoms with Crippen LogP contribution in [0.3, 0.4) is 0 Å². The SMILES string of the molecule is CNC1CCCN(S(=O)(=O)c2c(C)noc2C)C1.Cl. The standard InChI is InChI=1S/C11H19N3O3S.ClH/c1-8-11(9(2)17-13-8)18(15,16)14-6-4-5-10(7-14)12-3;/h10,12H,4-7H2,1-3H3;1H. The first-order valence-electron chi connectivity index (χ1n) is 6.07. The van der Waals surface area contributed by atoms with Gasteiger partial charge in [0.15, 0.2) is 5.76 Å². The number of nitrogens with one attached hydrogen (secondary N) is 1. The van der Waals surface area contributed by atoms with Crippen molar-refractivity contribution >= 4 is 22.4 Å². The zero-order chi connectivity index (χ0) is 13.3. The van der Waals surface area contributed by atoms with Gasteiger partial charge in [0.2, 0.25) is 10.0 Å². The molecular formula is C11H20ClN3O3S. The lowest BCUT2D eigenvalue weighted by molar-refractivity contribution is 0.292. The minimum Gasteiger partial charge on any atom is -0.360 e. The van der Waals surface area contributed by atoms with E-state index in [1.54, 1.807) is 13.8 Å². The lowest BCUT2D eigenvalue weighted by Gasteiger charge is -2.31. The lowest BCUT2D eigenvalue weighted by Crippen LogP contribution is -2.47. The molecule has 2 rings (SSSR count). The number of sulfonamides is 1. The number of likely N-dealkylation sites (N-methyl/N-ethyl adjacent to an activating group) is 1. The zero-order valence-corrected chi connectivity index (χ0v) is 13.0. The molecule has 1 atom stereocenters. The van der Waals surface area contributed by atoms with Crippen LogP contribution < -0.4 is 5.32 Å². The monoisotopic (exact) mass is 309 g/mol. The fourth-order valence-electron chi connectivity index (χ4n) is 2.37. The van der Waals surface area contributed by atoms with Crippen LogP contribution in [-0.2, 0) is 10.0 Å². The van der Waals surface area contributed by atoms with Gasteiger partial charge in [-0.3, -0.25) is 0 Å². The molecule has 1 aromatic heterocycles. The maximum absolute atomic E-state index is 12.5. The largest absolute Gasteiger partial charge is 0.360 e. The molecule has 0 saturated carbocycles. The van der Waals surface area contributed by atoms with E-state index in [0.717, 1.165) is 12.8 Å². The van der Waals surface area contributed by atoms with Crippen LogP contribution in [0.5, 0.6) is 0 Å². The Labute approximate surface area is 120 Å². The number of aromatic nitrogens is 1. The molecule has 0 aromatic carbocycles. The lowest BCUT2D eigenvalue weighted by atomic mass is 10.1. The molecule has 0 radical (unpaired) electrons. The molecule has 1 saturated heterocycles. The van der Waals surface area contributed by atoms with Gasteiger partial charge < -0.3 is 9.84 Å². The number of halogens is 1. The molecular weight excluding hydrogens is 290 g/mol. The first-order chi connectivity index (χ1) is 8.46. The summed E-state index contributed by atoms with van der Waals surface area (Å²) in [5, 5.41) is 6.86. The number of hydrogen-bond donors (Lipinski definition) is 1. The topological polar surface area (TPSA) is 75.4 Å². The molecule has 1 aliphatic heterocycles. The van der Waals surface area contributed by atoms with Crippen molar-refractivity contribution in [1.82, 2.24) is 14.8 Å².